The third-order valence-electron chi connectivity index (χ3n) is 6.50. The predicted octanol–water partition coefficient (Wildman–Crippen LogP) is 3.62. The summed E-state index contributed by atoms with van der Waals surface area (Å²) in [6.45, 7) is 2.81. The topological polar surface area (TPSA) is 86.8 Å². The molecule has 3 rings (SSSR count). The van der Waals surface area contributed by atoms with Gasteiger partial charge in [-0.1, -0.05) is 55.2 Å². The number of aryl methyl sites for hydroxylation is 1. The van der Waals surface area contributed by atoms with E-state index in [9.17, 15) is 22.4 Å². The van der Waals surface area contributed by atoms with Crippen LogP contribution in [0.5, 0.6) is 0 Å². The van der Waals surface area contributed by atoms with Crippen LogP contribution in [0.1, 0.15) is 50.2 Å². The smallest absolute Gasteiger partial charge is 0.243 e. The van der Waals surface area contributed by atoms with Crippen LogP contribution in [-0.4, -0.2) is 55.1 Å². The van der Waals surface area contributed by atoms with Crippen LogP contribution in [0.2, 0.25) is 0 Å². The van der Waals surface area contributed by atoms with E-state index in [1.54, 1.807) is 37.3 Å². The van der Waals surface area contributed by atoms with Crippen molar-refractivity contribution in [1.82, 2.24) is 14.5 Å². The van der Waals surface area contributed by atoms with Gasteiger partial charge in [-0.25, -0.2) is 12.8 Å². The van der Waals surface area contributed by atoms with Gasteiger partial charge in [0.05, 0.1) is 11.4 Å². The number of carbonyl (C=O) groups is 2. The minimum Gasteiger partial charge on any atom is -0.352 e. The number of rotatable bonds is 9. The molecule has 1 aliphatic rings. The molecular formula is C26H34FN3O4S. The second-order valence-corrected chi connectivity index (χ2v) is 11.3. The maximum Gasteiger partial charge on any atom is 0.243 e. The lowest BCUT2D eigenvalue weighted by Gasteiger charge is -2.32. The van der Waals surface area contributed by atoms with Crippen molar-refractivity contribution < 1.29 is 22.4 Å². The van der Waals surface area contributed by atoms with Gasteiger partial charge in [0.15, 0.2) is 0 Å². The van der Waals surface area contributed by atoms with Crippen LogP contribution in [-0.2, 0) is 26.2 Å². The highest BCUT2D eigenvalue weighted by Gasteiger charge is 2.31. The summed E-state index contributed by atoms with van der Waals surface area (Å²) in [6.07, 6.45) is 4.99. The van der Waals surface area contributed by atoms with E-state index < -0.39 is 34.3 Å². The fourth-order valence-electron chi connectivity index (χ4n) is 4.22. The van der Waals surface area contributed by atoms with Crippen LogP contribution in [0.15, 0.2) is 53.4 Å². The van der Waals surface area contributed by atoms with Crippen molar-refractivity contribution in [2.24, 2.45) is 0 Å². The first kappa shape index (κ1) is 26.8. The SMILES string of the molecule is Cc1ccc(S(=O)(=O)N(C)CC(=O)N(Cc2ccccc2F)[C@@H](C)C(=O)NC2CCCCC2)cc1. The van der Waals surface area contributed by atoms with Crippen molar-refractivity contribution in [3.8, 4) is 0 Å². The molecule has 0 aliphatic heterocycles. The van der Waals surface area contributed by atoms with Crippen LogP contribution in [0, 0.1) is 12.7 Å². The number of benzene rings is 2. The minimum absolute atomic E-state index is 0.0497. The van der Waals surface area contributed by atoms with Crippen molar-refractivity contribution in [3.63, 3.8) is 0 Å². The highest BCUT2D eigenvalue weighted by molar-refractivity contribution is 7.89. The molecule has 0 bridgehead atoms. The van der Waals surface area contributed by atoms with Crippen LogP contribution in [0.25, 0.3) is 0 Å². The largest absolute Gasteiger partial charge is 0.352 e. The molecule has 0 heterocycles. The van der Waals surface area contributed by atoms with Crippen molar-refractivity contribution in [2.45, 2.75) is 69.5 Å². The molecule has 7 nitrogen and oxygen atoms in total. The molecule has 2 aromatic carbocycles. The van der Waals surface area contributed by atoms with Gasteiger partial charge < -0.3 is 10.2 Å². The van der Waals surface area contributed by atoms with Crippen molar-refractivity contribution in [3.05, 3.63) is 65.5 Å². The molecule has 9 heteroatoms. The summed E-state index contributed by atoms with van der Waals surface area (Å²) < 4.78 is 41.4. The Balaban J connectivity index is 1.80. The van der Waals surface area contributed by atoms with Gasteiger partial charge in [0.1, 0.15) is 11.9 Å². The number of halogens is 1. The average molecular weight is 504 g/mol. The molecule has 1 N–H and O–H groups in total. The molecule has 2 amide bonds. The number of nitrogens with one attached hydrogen (secondary N) is 1. The number of likely N-dealkylation sites (N-methyl/N-ethyl adjacent to an activating group) is 1. The highest BCUT2D eigenvalue weighted by Crippen LogP contribution is 2.20. The number of amides is 2. The minimum atomic E-state index is -3.92. The van der Waals surface area contributed by atoms with Crippen LogP contribution in [0.3, 0.4) is 0 Å². The second kappa shape index (κ2) is 11.8. The Morgan fingerprint density at radius 2 is 1.69 bits per heavy atom. The summed E-state index contributed by atoms with van der Waals surface area (Å²) in [6, 6.07) is 11.5. The number of hydrogen-bond acceptors (Lipinski definition) is 4. The predicted molar refractivity (Wildman–Crippen MR) is 132 cm³/mol. The number of sulfonamides is 1. The fraction of sp³-hybridized carbons (Fsp3) is 0.462. The Kier molecular flexibility index (Phi) is 9.02. The van der Waals surface area contributed by atoms with E-state index in [1.807, 2.05) is 6.92 Å². The lowest BCUT2D eigenvalue weighted by molar-refractivity contribution is -0.141. The Morgan fingerprint density at radius 1 is 1.06 bits per heavy atom. The number of carbonyl (C=O) groups excluding carboxylic acids is 2. The summed E-state index contributed by atoms with van der Waals surface area (Å²) in [7, 11) is -2.60. The molecule has 190 valence electrons. The second-order valence-electron chi connectivity index (χ2n) is 9.21. The van der Waals surface area contributed by atoms with Crippen molar-refractivity contribution >= 4 is 21.8 Å². The Hall–Kier alpha value is -2.78. The quantitative estimate of drug-likeness (QED) is 0.566. The first-order valence-corrected chi connectivity index (χ1v) is 13.4. The molecule has 1 atom stereocenters. The van der Waals surface area contributed by atoms with Crippen LogP contribution in [0.4, 0.5) is 4.39 Å². The van der Waals surface area contributed by atoms with Gasteiger partial charge in [-0.15, -0.1) is 0 Å². The summed E-state index contributed by atoms with van der Waals surface area (Å²) >= 11 is 0. The van der Waals surface area contributed by atoms with Gasteiger partial charge in [-0.2, -0.15) is 4.31 Å². The molecule has 0 saturated heterocycles. The molecule has 35 heavy (non-hydrogen) atoms. The summed E-state index contributed by atoms with van der Waals surface area (Å²) in [5, 5.41) is 3.01. The Labute approximate surface area is 207 Å². The standard InChI is InChI=1S/C26H34FN3O4S/c1-19-13-15-23(16-14-19)35(33,34)29(3)18-25(31)30(17-21-9-7-8-12-24(21)27)20(2)26(32)28-22-10-5-4-6-11-22/h7-9,12-16,20,22H,4-6,10-11,17-18H2,1-3H3,(H,28,32)/t20-/m0/s1. The zero-order chi connectivity index (χ0) is 25.6. The summed E-state index contributed by atoms with van der Waals surface area (Å²) in [5.74, 6) is -1.41. The molecule has 0 radical (unpaired) electrons. The third-order valence-corrected chi connectivity index (χ3v) is 8.32. The lowest BCUT2D eigenvalue weighted by Crippen LogP contribution is -2.52. The first-order chi connectivity index (χ1) is 16.6. The van der Waals surface area contributed by atoms with E-state index >= 15 is 0 Å². The van der Waals surface area contributed by atoms with E-state index in [4.69, 9.17) is 0 Å². The van der Waals surface area contributed by atoms with E-state index in [2.05, 4.69) is 5.32 Å². The lowest BCUT2D eigenvalue weighted by atomic mass is 9.95. The van der Waals surface area contributed by atoms with E-state index in [-0.39, 0.29) is 29.0 Å². The third kappa shape index (κ3) is 6.89. The van der Waals surface area contributed by atoms with Gasteiger partial charge in [0, 0.05) is 25.2 Å². The van der Waals surface area contributed by atoms with Gasteiger partial charge in [0.2, 0.25) is 21.8 Å². The summed E-state index contributed by atoms with van der Waals surface area (Å²) in [5.41, 5.74) is 1.17. The zero-order valence-electron chi connectivity index (χ0n) is 20.5. The molecular weight excluding hydrogens is 469 g/mol. The molecule has 0 unspecified atom stereocenters. The molecule has 1 fully saturated rings. The van der Waals surface area contributed by atoms with Gasteiger partial charge in [0.25, 0.3) is 0 Å². The maximum atomic E-state index is 14.4. The Bertz CT molecular complexity index is 1130. The molecule has 2 aromatic rings. The molecule has 0 aromatic heterocycles. The zero-order valence-corrected chi connectivity index (χ0v) is 21.4. The monoisotopic (exact) mass is 503 g/mol. The number of nitrogens with zero attached hydrogens (tertiary/aromatic N) is 2. The van der Waals surface area contributed by atoms with E-state index in [0.717, 1.165) is 42.0 Å². The van der Waals surface area contributed by atoms with Crippen LogP contribution < -0.4 is 5.32 Å². The van der Waals surface area contributed by atoms with E-state index in [0.29, 0.717) is 0 Å². The van der Waals surface area contributed by atoms with Gasteiger partial charge in [-0.05, 0) is 44.9 Å². The van der Waals surface area contributed by atoms with E-state index in [1.165, 1.54) is 30.1 Å². The first-order valence-electron chi connectivity index (χ1n) is 12.0. The van der Waals surface area contributed by atoms with Gasteiger partial charge >= 0.3 is 0 Å². The number of hydrogen-bond donors (Lipinski definition) is 1. The Morgan fingerprint density at radius 3 is 2.31 bits per heavy atom. The molecule has 0 spiro atoms. The van der Waals surface area contributed by atoms with Crippen molar-refractivity contribution in [1.29, 1.82) is 0 Å². The fourth-order valence-corrected chi connectivity index (χ4v) is 5.34. The van der Waals surface area contributed by atoms with Crippen molar-refractivity contribution in [2.75, 3.05) is 13.6 Å². The summed E-state index contributed by atoms with van der Waals surface area (Å²) in [4.78, 5) is 27.7. The highest BCUT2D eigenvalue weighted by atomic mass is 32.2. The average Bonchev–Trinajstić information content (AvgIpc) is 2.84. The molecule has 1 saturated carbocycles. The normalized spacial score (nSPS) is 15.6. The molecule has 1 aliphatic carbocycles. The maximum absolute atomic E-state index is 14.4. The van der Waals surface area contributed by atoms with Gasteiger partial charge in [-0.3, -0.25) is 9.59 Å². The van der Waals surface area contributed by atoms with Crippen LogP contribution >= 0.6 is 0 Å².